The lowest BCUT2D eigenvalue weighted by molar-refractivity contribution is 0.604. The van der Waals surface area contributed by atoms with E-state index >= 15 is 0 Å². The van der Waals surface area contributed by atoms with Gasteiger partial charge in [0.15, 0.2) is 0 Å². The molecule has 8 rings (SSSR count). The summed E-state index contributed by atoms with van der Waals surface area (Å²) >= 11 is 4.60. The van der Waals surface area contributed by atoms with E-state index < -0.39 is 5.41 Å². The molecule has 0 aliphatic heterocycles. The fourth-order valence-electron chi connectivity index (χ4n) is 7.48. The Balaban J connectivity index is 1.55. The average molecular weight is 560 g/mol. The smallest absolute Gasteiger partial charge is 0.143 e. The van der Waals surface area contributed by atoms with Gasteiger partial charge in [-0.05, 0) is 75.2 Å². The van der Waals surface area contributed by atoms with E-state index in [1.165, 1.54) is 55.6 Å². The number of thiol groups is 1. The summed E-state index contributed by atoms with van der Waals surface area (Å²) in [5.41, 5.74) is 15.1. The number of hydrogen-bond acceptors (Lipinski definition) is 3. The maximum absolute atomic E-state index is 6.65. The van der Waals surface area contributed by atoms with Crippen molar-refractivity contribution in [2.75, 3.05) is 11.4 Å². The first kappa shape index (κ1) is 25.0. The molecule has 0 fully saturated rings. The second-order valence-corrected chi connectivity index (χ2v) is 11.7. The van der Waals surface area contributed by atoms with Crippen LogP contribution in [0.15, 0.2) is 120 Å². The molecule has 2 aliphatic rings. The maximum Gasteiger partial charge on any atom is 0.143 e. The Morgan fingerprint density at radius 2 is 1.45 bits per heavy atom. The molecule has 0 saturated carbocycles. The molecule has 3 heteroatoms. The summed E-state index contributed by atoms with van der Waals surface area (Å²) in [5, 5.41) is 1.11. The van der Waals surface area contributed by atoms with Gasteiger partial charge < -0.3 is 8.72 Å². The fraction of sp³-hybridized carbons (Fsp3) is 0.0769. The van der Waals surface area contributed by atoms with Gasteiger partial charge in [0.05, 0.1) is 5.41 Å². The topological polar surface area (TPSA) is 16.4 Å². The Hall–Kier alpha value is -4.73. The highest BCUT2D eigenvalue weighted by Crippen LogP contribution is 2.65. The molecule has 0 radical (unpaired) electrons. The number of anilines is 1. The summed E-state index contributed by atoms with van der Waals surface area (Å²) in [7, 11) is 1.96. The van der Waals surface area contributed by atoms with Crippen LogP contribution in [0, 0.1) is 0 Å². The highest BCUT2D eigenvalue weighted by atomic mass is 32.1. The van der Waals surface area contributed by atoms with Gasteiger partial charge in [0.1, 0.15) is 11.3 Å². The Bertz CT molecular complexity index is 2110. The van der Waals surface area contributed by atoms with Crippen LogP contribution < -0.4 is 4.31 Å². The molecule has 0 amide bonds. The van der Waals surface area contributed by atoms with Gasteiger partial charge >= 0.3 is 0 Å². The number of allylic oxidation sites excluding steroid dienone is 1. The third-order valence-corrected chi connectivity index (χ3v) is 9.27. The van der Waals surface area contributed by atoms with Crippen molar-refractivity contribution in [3.05, 3.63) is 149 Å². The van der Waals surface area contributed by atoms with E-state index in [2.05, 4.69) is 135 Å². The van der Waals surface area contributed by atoms with Gasteiger partial charge in [0.2, 0.25) is 0 Å². The Morgan fingerprint density at radius 3 is 2.21 bits per heavy atom. The Labute approximate surface area is 251 Å². The first-order chi connectivity index (χ1) is 20.6. The molecule has 202 valence electrons. The summed E-state index contributed by atoms with van der Waals surface area (Å²) in [6.45, 7) is 6.10. The van der Waals surface area contributed by atoms with Crippen LogP contribution in [0.5, 0.6) is 0 Å². The minimum Gasteiger partial charge on any atom is -0.455 e. The molecule has 1 spiro atoms. The van der Waals surface area contributed by atoms with Crippen LogP contribution in [0.3, 0.4) is 0 Å². The molecular formula is C39H29NOS. The summed E-state index contributed by atoms with van der Waals surface area (Å²) in [6, 6.07) is 37.8. The van der Waals surface area contributed by atoms with Crippen molar-refractivity contribution in [1.82, 2.24) is 0 Å². The van der Waals surface area contributed by atoms with Crippen LogP contribution in [0.2, 0.25) is 0 Å². The van der Waals surface area contributed by atoms with Crippen molar-refractivity contribution < 1.29 is 4.42 Å². The van der Waals surface area contributed by atoms with Gasteiger partial charge in [-0.2, -0.15) is 0 Å². The van der Waals surface area contributed by atoms with Crippen LogP contribution in [0.25, 0.3) is 56.5 Å². The lowest BCUT2D eigenvalue weighted by Crippen LogP contribution is -2.26. The molecule has 2 nitrogen and oxygen atoms in total. The van der Waals surface area contributed by atoms with Crippen LogP contribution in [0.1, 0.15) is 40.5 Å². The molecule has 1 unspecified atom stereocenters. The van der Waals surface area contributed by atoms with E-state index in [0.717, 1.165) is 28.0 Å². The maximum atomic E-state index is 6.65. The van der Waals surface area contributed by atoms with Gasteiger partial charge in [-0.25, -0.2) is 0 Å². The molecule has 1 aromatic heterocycles. The molecule has 0 N–H and O–H groups in total. The van der Waals surface area contributed by atoms with Crippen molar-refractivity contribution in [2.24, 2.45) is 0 Å². The lowest BCUT2D eigenvalue weighted by atomic mass is 9.68. The van der Waals surface area contributed by atoms with Gasteiger partial charge in [0.25, 0.3) is 0 Å². The molecule has 1 atom stereocenters. The fourth-order valence-corrected chi connectivity index (χ4v) is 7.60. The quantitative estimate of drug-likeness (QED) is 0.216. The highest BCUT2D eigenvalue weighted by molar-refractivity contribution is 7.81. The second-order valence-electron chi connectivity index (χ2n) is 11.1. The molecule has 1 heterocycles. The number of hydrogen-bond donors (Lipinski definition) is 1. The first-order valence-corrected chi connectivity index (χ1v) is 14.7. The van der Waals surface area contributed by atoms with E-state index in [0.29, 0.717) is 0 Å². The minimum atomic E-state index is -0.493. The second kappa shape index (κ2) is 9.14. The zero-order valence-electron chi connectivity index (χ0n) is 23.6. The molecule has 0 saturated heterocycles. The normalized spacial score (nSPS) is 16.1. The van der Waals surface area contributed by atoms with E-state index in [-0.39, 0.29) is 0 Å². The monoisotopic (exact) mass is 559 g/mol. The van der Waals surface area contributed by atoms with E-state index in [9.17, 15) is 0 Å². The van der Waals surface area contributed by atoms with Crippen molar-refractivity contribution in [2.45, 2.75) is 12.3 Å². The molecule has 5 aromatic carbocycles. The minimum absolute atomic E-state index is 0.493. The van der Waals surface area contributed by atoms with Gasteiger partial charge in [0, 0.05) is 29.2 Å². The largest absolute Gasteiger partial charge is 0.455 e. The number of benzene rings is 5. The molecular weight excluding hydrogens is 531 g/mol. The van der Waals surface area contributed by atoms with E-state index in [1.54, 1.807) is 0 Å². The predicted octanol–water partition coefficient (Wildman–Crippen LogP) is 10.4. The molecule has 42 heavy (non-hydrogen) atoms. The summed E-state index contributed by atoms with van der Waals surface area (Å²) < 4.78 is 8.52. The molecule has 6 aromatic rings. The zero-order valence-corrected chi connectivity index (χ0v) is 24.5. The van der Waals surface area contributed by atoms with Crippen LogP contribution in [-0.2, 0) is 5.41 Å². The molecule has 2 aliphatic carbocycles. The average Bonchev–Trinajstić information content (AvgIpc) is 3.65. The summed E-state index contributed by atoms with van der Waals surface area (Å²) in [6.07, 6.45) is 6.00. The predicted molar refractivity (Wildman–Crippen MR) is 180 cm³/mol. The number of furan rings is 1. The zero-order chi connectivity index (χ0) is 28.6. The molecule has 0 bridgehead atoms. The summed E-state index contributed by atoms with van der Waals surface area (Å²) in [4.78, 5) is 0. The van der Waals surface area contributed by atoms with Crippen molar-refractivity contribution in [1.29, 1.82) is 0 Å². The third-order valence-electron chi connectivity index (χ3n) is 9.04. The highest BCUT2D eigenvalue weighted by Gasteiger charge is 2.53. The Morgan fingerprint density at radius 1 is 0.762 bits per heavy atom. The number of fused-ring (bicyclic) bond motifs is 12. The van der Waals surface area contributed by atoms with Gasteiger partial charge in [-0.1, -0.05) is 123 Å². The lowest BCUT2D eigenvalue weighted by Gasteiger charge is -2.32. The number of nitrogens with zero attached hydrogens (tertiary/aromatic N) is 1. The SMILES string of the molecule is C=Cc1oc2c3c(ccc2c1/C=C\C)C1(c2ccccc2-c2cccc(-c4cccc(N(C)S)c4)c21)c1ccccc1-3. The third kappa shape index (κ3) is 3.12. The van der Waals surface area contributed by atoms with Crippen molar-refractivity contribution >= 4 is 41.6 Å². The van der Waals surface area contributed by atoms with Crippen LogP contribution in [0.4, 0.5) is 5.69 Å². The first-order valence-electron chi connectivity index (χ1n) is 14.3. The van der Waals surface area contributed by atoms with Crippen LogP contribution in [-0.4, -0.2) is 7.05 Å². The van der Waals surface area contributed by atoms with E-state index in [4.69, 9.17) is 4.42 Å². The number of rotatable bonds is 4. The van der Waals surface area contributed by atoms with Crippen LogP contribution >= 0.6 is 12.8 Å². The standard InChI is InChI=1S/C39H29NOS/c1-4-12-28-30-21-22-34-36(38(30)41-35(28)5-2)31-16-7-9-20-33(31)39(34)32-19-8-6-15-27(32)29-18-11-17-26(37(29)39)24-13-10-14-25(23-24)40(3)42/h4-23,42H,2H2,1,3H3/b12-4-. The van der Waals surface area contributed by atoms with Gasteiger partial charge in [-0.3, -0.25) is 0 Å². The van der Waals surface area contributed by atoms with Gasteiger partial charge in [-0.15, -0.1) is 0 Å². The Kier molecular flexibility index (Phi) is 5.44. The van der Waals surface area contributed by atoms with Crippen molar-refractivity contribution in [3.8, 4) is 33.4 Å². The van der Waals surface area contributed by atoms with Crippen molar-refractivity contribution in [3.63, 3.8) is 0 Å². The summed E-state index contributed by atoms with van der Waals surface area (Å²) in [5.74, 6) is 0.801. The van der Waals surface area contributed by atoms with E-state index in [1.807, 2.05) is 24.4 Å².